The first-order valence-corrected chi connectivity index (χ1v) is 11.0. The van der Waals surface area contributed by atoms with E-state index < -0.39 is 11.7 Å². The van der Waals surface area contributed by atoms with Crippen LogP contribution in [0.5, 0.6) is 0 Å². The molecule has 2 aromatic rings. The van der Waals surface area contributed by atoms with E-state index in [2.05, 4.69) is 5.32 Å². The van der Waals surface area contributed by atoms with Gasteiger partial charge in [-0.25, -0.2) is 4.39 Å². The summed E-state index contributed by atoms with van der Waals surface area (Å²) in [5, 5.41) is 2.80. The van der Waals surface area contributed by atoms with Gasteiger partial charge in [-0.1, -0.05) is 42.5 Å². The lowest BCUT2D eigenvalue weighted by Gasteiger charge is -2.40. The molecule has 2 heterocycles. The Hall–Kier alpha value is -2.73. The highest BCUT2D eigenvalue weighted by Crippen LogP contribution is 2.39. The van der Waals surface area contributed by atoms with Crippen molar-refractivity contribution < 1.29 is 18.7 Å². The average Bonchev–Trinajstić information content (AvgIpc) is 3.20. The maximum Gasteiger partial charge on any atom is 0.254 e. The van der Waals surface area contributed by atoms with Crippen molar-refractivity contribution in [2.75, 3.05) is 19.6 Å². The SMILES string of the molecule is CC(C(=O)N1CCC2(CCC(CNC(=O)c3ccccc3F)O2)CC1)c1ccccc1. The van der Waals surface area contributed by atoms with Gasteiger partial charge in [0.05, 0.1) is 23.2 Å². The molecule has 1 spiro atoms. The summed E-state index contributed by atoms with van der Waals surface area (Å²) in [6.45, 7) is 3.69. The van der Waals surface area contributed by atoms with Gasteiger partial charge in [0, 0.05) is 19.6 Å². The Morgan fingerprint density at radius 1 is 1.10 bits per heavy atom. The zero-order valence-corrected chi connectivity index (χ0v) is 17.9. The van der Waals surface area contributed by atoms with Gasteiger partial charge in [-0.05, 0) is 50.3 Å². The number of nitrogens with zero attached hydrogens (tertiary/aromatic N) is 1. The Balaban J connectivity index is 1.26. The van der Waals surface area contributed by atoms with E-state index in [1.807, 2.05) is 42.2 Å². The predicted octanol–water partition coefficient (Wildman–Crippen LogP) is 3.90. The van der Waals surface area contributed by atoms with Crippen LogP contribution in [-0.2, 0) is 9.53 Å². The van der Waals surface area contributed by atoms with Crippen molar-refractivity contribution >= 4 is 11.8 Å². The Morgan fingerprint density at radius 2 is 1.77 bits per heavy atom. The number of hydrogen-bond donors (Lipinski definition) is 1. The van der Waals surface area contributed by atoms with E-state index >= 15 is 0 Å². The van der Waals surface area contributed by atoms with E-state index in [4.69, 9.17) is 4.74 Å². The van der Waals surface area contributed by atoms with Crippen molar-refractivity contribution in [3.05, 3.63) is 71.5 Å². The van der Waals surface area contributed by atoms with E-state index in [1.165, 1.54) is 12.1 Å². The number of rotatable bonds is 5. The fraction of sp³-hybridized carbons (Fsp3) is 0.440. The number of ether oxygens (including phenoxy) is 1. The number of carbonyl (C=O) groups is 2. The molecule has 2 fully saturated rings. The van der Waals surface area contributed by atoms with Crippen LogP contribution in [0.3, 0.4) is 0 Å². The molecule has 164 valence electrons. The van der Waals surface area contributed by atoms with Gasteiger partial charge >= 0.3 is 0 Å². The normalized spacial score (nSPS) is 21.1. The van der Waals surface area contributed by atoms with Crippen molar-refractivity contribution in [2.24, 2.45) is 0 Å². The van der Waals surface area contributed by atoms with Crippen LogP contribution < -0.4 is 5.32 Å². The summed E-state index contributed by atoms with van der Waals surface area (Å²) in [6.07, 6.45) is 3.30. The van der Waals surface area contributed by atoms with Crippen LogP contribution in [0.15, 0.2) is 54.6 Å². The monoisotopic (exact) mass is 424 g/mol. The minimum atomic E-state index is -0.523. The van der Waals surface area contributed by atoms with Gasteiger partial charge in [-0.3, -0.25) is 9.59 Å². The molecule has 2 unspecified atom stereocenters. The first-order valence-electron chi connectivity index (χ1n) is 11.0. The highest BCUT2D eigenvalue weighted by molar-refractivity contribution is 5.94. The van der Waals surface area contributed by atoms with Crippen LogP contribution in [0.4, 0.5) is 4.39 Å². The maximum atomic E-state index is 13.8. The molecule has 6 heteroatoms. The highest BCUT2D eigenvalue weighted by atomic mass is 19.1. The zero-order chi connectivity index (χ0) is 21.8. The number of piperidine rings is 1. The molecule has 0 radical (unpaired) electrons. The van der Waals surface area contributed by atoms with E-state index in [0.29, 0.717) is 19.6 Å². The molecule has 2 atom stereocenters. The van der Waals surface area contributed by atoms with Crippen molar-refractivity contribution in [1.82, 2.24) is 10.2 Å². The molecule has 2 aromatic carbocycles. The van der Waals surface area contributed by atoms with Gasteiger partial charge in [0.15, 0.2) is 0 Å². The molecule has 1 N–H and O–H groups in total. The first kappa shape index (κ1) is 21.5. The molecule has 31 heavy (non-hydrogen) atoms. The number of hydrogen-bond acceptors (Lipinski definition) is 3. The summed E-state index contributed by atoms with van der Waals surface area (Å²) in [4.78, 5) is 27.1. The Labute approximate surface area is 182 Å². The molecule has 5 nitrogen and oxygen atoms in total. The van der Waals surface area contributed by atoms with Crippen LogP contribution in [0, 0.1) is 5.82 Å². The molecule has 2 saturated heterocycles. The topological polar surface area (TPSA) is 58.6 Å². The molecule has 4 rings (SSSR count). The summed E-state index contributed by atoms with van der Waals surface area (Å²) in [7, 11) is 0. The summed E-state index contributed by atoms with van der Waals surface area (Å²) in [6, 6.07) is 15.8. The van der Waals surface area contributed by atoms with Crippen molar-refractivity contribution in [3.63, 3.8) is 0 Å². The molecule has 2 aliphatic rings. The smallest absolute Gasteiger partial charge is 0.254 e. The summed E-state index contributed by atoms with van der Waals surface area (Å²) in [5.74, 6) is -0.933. The van der Waals surface area contributed by atoms with Gasteiger partial charge in [0.2, 0.25) is 5.91 Å². The molecular weight excluding hydrogens is 395 g/mol. The van der Waals surface area contributed by atoms with Gasteiger partial charge in [-0.15, -0.1) is 0 Å². The number of likely N-dealkylation sites (tertiary alicyclic amines) is 1. The zero-order valence-electron chi connectivity index (χ0n) is 17.9. The van der Waals surface area contributed by atoms with Crippen LogP contribution >= 0.6 is 0 Å². The first-order chi connectivity index (χ1) is 15.0. The van der Waals surface area contributed by atoms with Crippen molar-refractivity contribution in [2.45, 2.75) is 50.2 Å². The van der Waals surface area contributed by atoms with Crippen LogP contribution in [0.1, 0.15) is 54.4 Å². The lowest BCUT2D eigenvalue weighted by molar-refractivity contribution is -0.138. The maximum absolute atomic E-state index is 13.8. The largest absolute Gasteiger partial charge is 0.370 e. The lowest BCUT2D eigenvalue weighted by Crippen LogP contribution is -2.48. The second kappa shape index (κ2) is 9.18. The number of carbonyl (C=O) groups excluding carboxylic acids is 2. The Morgan fingerprint density at radius 3 is 2.48 bits per heavy atom. The quantitative estimate of drug-likeness (QED) is 0.792. The average molecular weight is 425 g/mol. The number of benzene rings is 2. The van der Waals surface area contributed by atoms with Gasteiger partial charge < -0.3 is 15.0 Å². The van der Waals surface area contributed by atoms with E-state index in [9.17, 15) is 14.0 Å². The van der Waals surface area contributed by atoms with Crippen molar-refractivity contribution in [1.29, 1.82) is 0 Å². The summed E-state index contributed by atoms with van der Waals surface area (Å²) < 4.78 is 20.1. The third-order valence-corrected chi connectivity index (χ3v) is 6.60. The predicted molar refractivity (Wildman–Crippen MR) is 116 cm³/mol. The second-order valence-corrected chi connectivity index (χ2v) is 8.61. The molecule has 0 aliphatic carbocycles. The van der Waals surface area contributed by atoms with Crippen LogP contribution in [0.25, 0.3) is 0 Å². The standard InChI is InChI=1S/C25H29FN2O3/c1-18(19-7-3-2-4-8-19)24(30)28-15-13-25(14-16-28)12-11-20(31-25)17-27-23(29)21-9-5-6-10-22(21)26/h2-10,18,20H,11-17H2,1H3,(H,27,29). The van der Waals surface area contributed by atoms with Gasteiger partial charge in [0.25, 0.3) is 5.91 Å². The number of nitrogens with one attached hydrogen (secondary N) is 1. The molecule has 0 bridgehead atoms. The summed E-state index contributed by atoms with van der Waals surface area (Å²) in [5.41, 5.74) is 0.866. The minimum absolute atomic E-state index is 0.0505. The molecule has 2 amide bonds. The number of amides is 2. The van der Waals surface area contributed by atoms with Gasteiger partial charge in [-0.2, -0.15) is 0 Å². The number of halogens is 1. The molecule has 2 aliphatic heterocycles. The lowest BCUT2D eigenvalue weighted by atomic mass is 9.87. The highest BCUT2D eigenvalue weighted by Gasteiger charge is 2.43. The molecular formula is C25H29FN2O3. The Kier molecular flexibility index (Phi) is 6.37. The second-order valence-electron chi connectivity index (χ2n) is 8.61. The van der Waals surface area contributed by atoms with Crippen molar-refractivity contribution in [3.8, 4) is 0 Å². The molecule has 0 saturated carbocycles. The van der Waals surface area contributed by atoms with E-state index in [1.54, 1.807) is 12.1 Å². The fourth-order valence-electron chi connectivity index (χ4n) is 4.65. The van der Waals surface area contributed by atoms with Gasteiger partial charge in [0.1, 0.15) is 5.82 Å². The van der Waals surface area contributed by atoms with E-state index in [-0.39, 0.29) is 29.1 Å². The molecule has 0 aromatic heterocycles. The van der Waals surface area contributed by atoms with Crippen LogP contribution in [-0.4, -0.2) is 48.1 Å². The summed E-state index contributed by atoms with van der Waals surface area (Å²) >= 11 is 0. The Bertz CT molecular complexity index is 925. The minimum Gasteiger partial charge on any atom is -0.370 e. The van der Waals surface area contributed by atoms with Crippen LogP contribution in [0.2, 0.25) is 0 Å². The third-order valence-electron chi connectivity index (χ3n) is 6.60. The third kappa shape index (κ3) is 4.79. The van der Waals surface area contributed by atoms with E-state index in [0.717, 1.165) is 31.2 Å². The fourth-order valence-corrected chi connectivity index (χ4v) is 4.65.